The number of hydrogen-bond donors (Lipinski definition) is 1. The van der Waals surface area contributed by atoms with Gasteiger partial charge in [0.15, 0.2) is 0 Å². The van der Waals surface area contributed by atoms with E-state index < -0.39 is 15.4 Å². The van der Waals surface area contributed by atoms with Crippen LogP contribution in [0.2, 0.25) is 0 Å². The Labute approximate surface area is 224 Å². The standard InChI is InChI=1S/C23H48O4S.K/c1-3-5-6-7-8-9-10-11-12-13-14-15-16-17-19-22(24)20-18-21-23(4-2)28(25,26)27;/h22-24H,3-21H2,1-2H3,(H,25,26,27);/q;+1/p-1. The van der Waals surface area contributed by atoms with Crippen molar-refractivity contribution in [3.8, 4) is 0 Å². The number of aliphatic hydroxyl groups excluding tert-OH is 1. The summed E-state index contributed by atoms with van der Waals surface area (Å²) >= 11 is 0. The van der Waals surface area contributed by atoms with Crippen LogP contribution in [0.15, 0.2) is 0 Å². The van der Waals surface area contributed by atoms with E-state index in [9.17, 15) is 18.1 Å². The van der Waals surface area contributed by atoms with Crippen LogP contribution in [0, 0.1) is 0 Å². The van der Waals surface area contributed by atoms with Gasteiger partial charge in [0.25, 0.3) is 0 Å². The van der Waals surface area contributed by atoms with Gasteiger partial charge < -0.3 is 9.66 Å². The summed E-state index contributed by atoms with van der Waals surface area (Å²) in [5.74, 6) is 0. The second-order valence-electron chi connectivity index (χ2n) is 8.49. The molecule has 29 heavy (non-hydrogen) atoms. The third-order valence-electron chi connectivity index (χ3n) is 5.82. The number of hydrogen-bond acceptors (Lipinski definition) is 4. The molecular formula is C23H47KO4S. The van der Waals surface area contributed by atoms with E-state index in [0.717, 1.165) is 12.8 Å². The Balaban J connectivity index is 0. The van der Waals surface area contributed by atoms with Crippen molar-refractivity contribution < 1.29 is 69.5 Å². The number of rotatable bonds is 21. The van der Waals surface area contributed by atoms with Crippen LogP contribution in [-0.4, -0.2) is 29.4 Å². The average Bonchev–Trinajstić information content (AvgIpc) is 2.64. The van der Waals surface area contributed by atoms with Crippen molar-refractivity contribution in [3.63, 3.8) is 0 Å². The van der Waals surface area contributed by atoms with Crippen LogP contribution in [0.4, 0.5) is 0 Å². The zero-order valence-electron chi connectivity index (χ0n) is 19.7. The van der Waals surface area contributed by atoms with Gasteiger partial charge in [-0.2, -0.15) is 0 Å². The predicted molar refractivity (Wildman–Crippen MR) is 119 cm³/mol. The zero-order valence-corrected chi connectivity index (χ0v) is 23.6. The number of unbranched alkanes of at least 4 members (excludes halogenated alkanes) is 13. The Hall–Kier alpha value is 1.51. The fourth-order valence-electron chi connectivity index (χ4n) is 3.85. The Kier molecular flexibility index (Phi) is 25.6. The Bertz CT molecular complexity index is 429. The van der Waals surface area contributed by atoms with E-state index in [1.165, 1.54) is 83.5 Å². The molecule has 0 radical (unpaired) electrons. The summed E-state index contributed by atoms with van der Waals surface area (Å²) in [6, 6.07) is 0. The van der Waals surface area contributed by atoms with Crippen molar-refractivity contribution >= 4 is 10.1 Å². The second kappa shape index (κ2) is 22.7. The van der Waals surface area contributed by atoms with E-state index >= 15 is 0 Å². The first kappa shape index (κ1) is 32.7. The summed E-state index contributed by atoms with van der Waals surface area (Å²) < 4.78 is 33.1. The van der Waals surface area contributed by atoms with E-state index in [4.69, 9.17) is 0 Å². The van der Waals surface area contributed by atoms with E-state index in [1.54, 1.807) is 6.92 Å². The first-order chi connectivity index (χ1) is 13.4. The average molecular weight is 459 g/mol. The third kappa shape index (κ3) is 22.5. The third-order valence-corrected chi connectivity index (χ3v) is 7.20. The summed E-state index contributed by atoms with van der Waals surface area (Å²) in [5.41, 5.74) is 0. The largest absolute Gasteiger partial charge is 1.00 e. The minimum absolute atomic E-state index is 0. The zero-order chi connectivity index (χ0) is 21.1. The summed E-state index contributed by atoms with van der Waals surface area (Å²) in [5, 5.41) is 9.21. The van der Waals surface area contributed by atoms with Crippen LogP contribution in [0.5, 0.6) is 0 Å². The molecule has 1 N–H and O–H groups in total. The first-order valence-electron chi connectivity index (χ1n) is 12.0. The monoisotopic (exact) mass is 458 g/mol. The molecular weight excluding hydrogens is 411 g/mol. The molecule has 0 aromatic rings. The van der Waals surface area contributed by atoms with Gasteiger partial charge >= 0.3 is 51.4 Å². The van der Waals surface area contributed by atoms with Crippen molar-refractivity contribution in [2.24, 2.45) is 0 Å². The Morgan fingerprint density at radius 3 is 1.41 bits per heavy atom. The van der Waals surface area contributed by atoms with Crippen molar-refractivity contribution in [2.75, 3.05) is 0 Å². The predicted octanol–water partition coefficient (Wildman–Crippen LogP) is 3.72. The quantitative estimate of drug-likeness (QED) is 0.162. The first-order valence-corrected chi connectivity index (χ1v) is 13.5. The van der Waals surface area contributed by atoms with Crippen LogP contribution in [0.3, 0.4) is 0 Å². The molecule has 0 amide bonds. The van der Waals surface area contributed by atoms with Gasteiger partial charge in [-0.3, -0.25) is 0 Å². The van der Waals surface area contributed by atoms with Crippen molar-refractivity contribution in [3.05, 3.63) is 0 Å². The van der Waals surface area contributed by atoms with Gasteiger partial charge in [0.1, 0.15) is 0 Å². The molecule has 170 valence electrons. The summed E-state index contributed by atoms with van der Waals surface area (Å²) in [6.07, 6.45) is 21.0. The smallest absolute Gasteiger partial charge is 0.748 e. The molecule has 0 rings (SSSR count). The molecule has 0 aliphatic heterocycles. The Morgan fingerprint density at radius 2 is 1.03 bits per heavy atom. The van der Waals surface area contributed by atoms with Gasteiger partial charge in [-0.15, -0.1) is 0 Å². The van der Waals surface area contributed by atoms with Crippen molar-refractivity contribution in [1.82, 2.24) is 0 Å². The molecule has 2 unspecified atom stereocenters. The molecule has 0 aliphatic rings. The Morgan fingerprint density at radius 1 is 0.655 bits per heavy atom. The molecule has 0 aromatic heterocycles. The van der Waals surface area contributed by atoms with E-state index in [1.807, 2.05) is 0 Å². The number of aliphatic hydroxyl groups is 1. The molecule has 0 aliphatic carbocycles. The molecule has 0 fully saturated rings. The van der Waals surface area contributed by atoms with Crippen LogP contribution in [0.1, 0.15) is 136 Å². The maximum atomic E-state index is 11.0. The van der Waals surface area contributed by atoms with Crippen molar-refractivity contribution in [1.29, 1.82) is 0 Å². The van der Waals surface area contributed by atoms with Gasteiger partial charge in [0, 0.05) is 5.25 Å². The molecule has 0 saturated carbocycles. The molecule has 2 atom stereocenters. The minimum atomic E-state index is -4.19. The van der Waals surface area contributed by atoms with Gasteiger partial charge in [-0.1, -0.05) is 104 Å². The van der Waals surface area contributed by atoms with Gasteiger partial charge in [-0.25, -0.2) is 8.42 Å². The van der Waals surface area contributed by atoms with Crippen LogP contribution in [-0.2, 0) is 10.1 Å². The van der Waals surface area contributed by atoms with E-state index in [0.29, 0.717) is 25.7 Å². The fourth-order valence-corrected chi connectivity index (χ4v) is 4.72. The van der Waals surface area contributed by atoms with E-state index in [-0.39, 0.29) is 57.5 Å². The van der Waals surface area contributed by atoms with E-state index in [2.05, 4.69) is 6.92 Å². The molecule has 6 heteroatoms. The maximum absolute atomic E-state index is 11.0. The molecule has 4 nitrogen and oxygen atoms in total. The molecule has 0 saturated heterocycles. The van der Waals surface area contributed by atoms with Crippen molar-refractivity contribution in [2.45, 2.75) is 147 Å². The summed E-state index contributed by atoms with van der Waals surface area (Å²) in [4.78, 5) is 0. The molecule has 0 heterocycles. The second-order valence-corrected chi connectivity index (χ2v) is 10.1. The fraction of sp³-hybridized carbons (Fsp3) is 1.00. The van der Waals surface area contributed by atoms with Crippen LogP contribution in [0.25, 0.3) is 0 Å². The summed E-state index contributed by atoms with van der Waals surface area (Å²) in [6.45, 7) is 3.99. The van der Waals surface area contributed by atoms with Gasteiger partial charge in [0.05, 0.1) is 16.2 Å². The minimum Gasteiger partial charge on any atom is -0.748 e. The molecule has 0 aromatic carbocycles. The van der Waals surface area contributed by atoms with Gasteiger partial charge in [0.2, 0.25) is 0 Å². The summed E-state index contributed by atoms with van der Waals surface area (Å²) in [7, 11) is -4.19. The normalized spacial score (nSPS) is 13.8. The SMILES string of the molecule is CCCCCCCCCCCCCCCCC(O)CCCC(CC)S(=O)(=O)[O-].[K+]. The molecule has 0 spiro atoms. The van der Waals surface area contributed by atoms with Gasteiger partial charge in [-0.05, 0) is 32.1 Å². The topological polar surface area (TPSA) is 77.4 Å². The van der Waals surface area contributed by atoms with Crippen LogP contribution >= 0.6 is 0 Å². The van der Waals surface area contributed by atoms with Crippen LogP contribution < -0.4 is 51.4 Å². The maximum Gasteiger partial charge on any atom is 1.00 e. The molecule has 0 bridgehead atoms.